The van der Waals surface area contributed by atoms with Crippen molar-refractivity contribution in [3.63, 3.8) is 0 Å². The van der Waals surface area contributed by atoms with Gasteiger partial charge in [-0.25, -0.2) is 8.78 Å². The highest BCUT2D eigenvalue weighted by atomic mass is 19.2. The minimum absolute atomic E-state index is 0.0946. The highest BCUT2D eigenvalue weighted by molar-refractivity contribution is 5.31. The molecule has 2 unspecified atom stereocenters. The lowest BCUT2D eigenvalue weighted by Crippen LogP contribution is -2.48. The molecule has 1 heterocycles. The maximum atomic E-state index is 14.0. The summed E-state index contributed by atoms with van der Waals surface area (Å²) in [6.07, 6.45) is 1.13. The summed E-state index contributed by atoms with van der Waals surface area (Å²) in [4.78, 5) is 0. The molecular formula is C14H19F2NO. The quantitative estimate of drug-likeness (QED) is 0.851. The van der Waals surface area contributed by atoms with E-state index in [1.165, 1.54) is 19.1 Å². The number of aliphatic hydroxyl groups is 1. The molecule has 0 bridgehead atoms. The number of hydrogen-bond donors (Lipinski definition) is 2. The summed E-state index contributed by atoms with van der Waals surface area (Å²) in [5.41, 5.74) is -0.903. The second kappa shape index (κ2) is 4.94. The zero-order chi connectivity index (χ0) is 13.3. The highest BCUT2D eigenvalue weighted by Gasteiger charge is 2.41. The zero-order valence-electron chi connectivity index (χ0n) is 10.8. The molecule has 4 heteroatoms. The number of benzene rings is 1. The van der Waals surface area contributed by atoms with Crippen LogP contribution in [-0.2, 0) is 5.60 Å². The van der Waals surface area contributed by atoms with Crippen molar-refractivity contribution in [2.75, 3.05) is 13.1 Å². The molecule has 0 radical (unpaired) electrons. The van der Waals surface area contributed by atoms with E-state index in [4.69, 9.17) is 0 Å². The van der Waals surface area contributed by atoms with Crippen LogP contribution in [0.4, 0.5) is 8.78 Å². The fraction of sp³-hybridized carbons (Fsp3) is 0.571. The van der Waals surface area contributed by atoms with Gasteiger partial charge in [0.15, 0.2) is 11.6 Å². The molecule has 1 fully saturated rings. The molecule has 1 aromatic rings. The third-order valence-corrected chi connectivity index (χ3v) is 3.98. The van der Waals surface area contributed by atoms with Crippen molar-refractivity contribution in [3.8, 4) is 0 Å². The monoisotopic (exact) mass is 255 g/mol. The Morgan fingerprint density at radius 3 is 2.78 bits per heavy atom. The van der Waals surface area contributed by atoms with Crippen LogP contribution in [0, 0.1) is 24.5 Å². The number of aryl methyl sites for hydroxylation is 1. The average Bonchev–Trinajstić information content (AvgIpc) is 2.36. The van der Waals surface area contributed by atoms with Gasteiger partial charge >= 0.3 is 0 Å². The lowest BCUT2D eigenvalue weighted by Gasteiger charge is -2.40. The summed E-state index contributed by atoms with van der Waals surface area (Å²) in [5, 5.41) is 13.9. The van der Waals surface area contributed by atoms with Crippen LogP contribution in [0.3, 0.4) is 0 Å². The van der Waals surface area contributed by atoms with E-state index >= 15 is 0 Å². The van der Waals surface area contributed by atoms with E-state index in [0.29, 0.717) is 19.5 Å². The van der Waals surface area contributed by atoms with Gasteiger partial charge in [-0.3, -0.25) is 0 Å². The zero-order valence-corrected chi connectivity index (χ0v) is 10.8. The largest absolute Gasteiger partial charge is 0.385 e. The maximum Gasteiger partial charge on any atom is 0.165 e. The second-order valence-corrected chi connectivity index (χ2v) is 5.04. The molecule has 1 aliphatic rings. The number of nitrogens with one attached hydrogen (secondary N) is 1. The first-order valence-corrected chi connectivity index (χ1v) is 6.39. The van der Waals surface area contributed by atoms with Crippen LogP contribution in [0.25, 0.3) is 0 Å². The molecule has 0 aliphatic carbocycles. The smallest absolute Gasteiger partial charge is 0.165 e. The van der Waals surface area contributed by atoms with Crippen molar-refractivity contribution >= 4 is 0 Å². The lowest BCUT2D eigenvalue weighted by atomic mass is 9.75. The van der Waals surface area contributed by atoms with Gasteiger partial charge in [-0.2, -0.15) is 0 Å². The summed E-state index contributed by atoms with van der Waals surface area (Å²) in [5.74, 6) is -1.85. The van der Waals surface area contributed by atoms with E-state index < -0.39 is 17.2 Å². The van der Waals surface area contributed by atoms with E-state index in [2.05, 4.69) is 5.32 Å². The standard InChI is InChI=1S/C14H19F2NO/c1-3-10-8-17-7-6-14(10,18)11-5-4-9(2)12(15)13(11)16/h4-5,10,17-18H,3,6-8H2,1-2H3. The first-order valence-electron chi connectivity index (χ1n) is 6.39. The number of piperidine rings is 1. The third kappa shape index (κ3) is 2.04. The average molecular weight is 255 g/mol. The predicted octanol–water partition coefficient (Wildman–Crippen LogP) is 2.48. The molecule has 1 saturated heterocycles. The van der Waals surface area contributed by atoms with Gasteiger partial charge in [0.2, 0.25) is 0 Å². The van der Waals surface area contributed by atoms with Gasteiger partial charge in [0.05, 0.1) is 5.60 Å². The van der Waals surface area contributed by atoms with Crippen LogP contribution < -0.4 is 5.32 Å². The number of halogens is 2. The minimum Gasteiger partial charge on any atom is -0.385 e. The van der Waals surface area contributed by atoms with E-state index in [9.17, 15) is 13.9 Å². The second-order valence-electron chi connectivity index (χ2n) is 5.04. The molecule has 1 aliphatic heterocycles. The van der Waals surface area contributed by atoms with Crippen LogP contribution in [-0.4, -0.2) is 18.2 Å². The molecule has 0 saturated carbocycles. The Labute approximate surface area is 106 Å². The van der Waals surface area contributed by atoms with E-state index in [0.717, 1.165) is 6.42 Å². The van der Waals surface area contributed by atoms with Crippen molar-refractivity contribution < 1.29 is 13.9 Å². The van der Waals surface area contributed by atoms with Crippen molar-refractivity contribution in [1.29, 1.82) is 0 Å². The van der Waals surface area contributed by atoms with Crippen molar-refractivity contribution in [2.45, 2.75) is 32.3 Å². The molecule has 2 rings (SSSR count). The van der Waals surface area contributed by atoms with Gasteiger partial charge in [0.25, 0.3) is 0 Å². The summed E-state index contributed by atoms with van der Waals surface area (Å²) >= 11 is 0. The summed E-state index contributed by atoms with van der Waals surface area (Å²) in [6.45, 7) is 4.71. The van der Waals surface area contributed by atoms with Gasteiger partial charge in [0, 0.05) is 18.0 Å². The lowest BCUT2D eigenvalue weighted by molar-refractivity contribution is -0.0509. The predicted molar refractivity (Wildman–Crippen MR) is 66.3 cm³/mol. The van der Waals surface area contributed by atoms with Crippen molar-refractivity contribution in [3.05, 3.63) is 34.9 Å². The van der Waals surface area contributed by atoms with Gasteiger partial charge < -0.3 is 10.4 Å². The van der Waals surface area contributed by atoms with Crippen LogP contribution >= 0.6 is 0 Å². The first-order chi connectivity index (χ1) is 8.50. The molecule has 0 amide bonds. The molecule has 100 valence electrons. The van der Waals surface area contributed by atoms with Crippen LogP contribution in [0.15, 0.2) is 12.1 Å². The number of hydrogen-bond acceptors (Lipinski definition) is 2. The molecule has 2 nitrogen and oxygen atoms in total. The maximum absolute atomic E-state index is 14.0. The molecule has 2 atom stereocenters. The topological polar surface area (TPSA) is 32.3 Å². The Bertz CT molecular complexity index is 450. The fourth-order valence-corrected chi connectivity index (χ4v) is 2.75. The summed E-state index contributed by atoms with van der Waals surface area (Å²) in [6, 6.07) is 3.04. The van der Waals surface area contributed by atoms with Crippen molar-refractivity contribution in [2.24, 2.45) is 5.92 Å². The molecule has 0 spiro atoms. The fourth-order valence-electron chi connectivity index (χ4n) is 2.75. The molecular weight excluding hydrogens is 236 g/mol. The van der Waals surface area contributed by atoms with Gasteiger partial charge in [-0.05, 0) is 31.9 Å². The van der Waals surface area contributed by atoms with Crippen LogP contribution in [0.2, 0.25) is 0 Å². The van der Waals surface area contributed by atoms with Crippen LogP contribution in [0.1, 0.15) is 30.9 Å². The Morgan fingerprint density at radius 1 is 1.39 bits per heavy atom. The van der Waals surface area contributed by atoms with Crippen LogP contribution in [0.5, 0.6) is 0 Å². The minimum atomic E-state index is -1.27. The molecule has 1 aromatic carbocycles. The first kappa shape index (κ1) is 13.4. The Balaban J connectivity index is 2.48. The van der Waals surface area contributed by atoms with E-state index in [-0.39, 0.29) is 17.0 Å². The van der Waals surface area contributed by atoms with Gasteiger partial charge in [-0.1, -0.05) is 19.1 Å². The van der Waals surface area contributed by atoms with E-state index in [1.807, 2.05) is 6.92 Å². The molecule has 18 heavy (non-hydrogen) atoms. The summed E-state index contributed by atoms with van der Waals surface area (Å²) < 4.78 is 27.7. The third-order valence-electron chi connectivity index (χ3n) is 3.98. The molecule has 0 aromatic heterocycles. The normalized spacial score (nSPS) is 28.4. The Kier molecular flexibility index (Phi) is 3.69. The SMILES string of the molecule is CCC1CNCCC1(O)c1ccc(C)c(F)c1F. The van der Waals surface area contributed by atoms with Crippen molar-refractivity contribution in [1.82, 2.24) is 5.32 Å². The van der Waals surface area contributed by atoms with Gasteiger partial charge in [-0.15, -0.1) is 0 Å². The Hall–Kier alpha value is -1.00. The number of rotatable bonds is 2. The molecule has 2 N–H and O–H groups in total. The highest BCUT2D eigenvalue weighted by Crippen LogP contribution is 2.38. The summed E-state index contributed by atoms with van der Waals surface area (Å²) in [7, 11) is 0. The van der Waals surface area contributed by atoms with E-state index in [1.54, 1.807) is 0 Å². The van der Waals surface area contributed by atoms with Gasteiger partial charge in [0.1, 0.15) is 0 Å². The Morgan fingerprint density at radius 2 is 2.11 bits per heavy atom.